The molecular weight excluding hydrogens is 300 g/mol. The molecule has 0 saturated carbocycles. The first kappa shape index (κ1) is 12.7. The van der Waals surface area contributed by atoms with Crippen LogP contribution < -0.4 is 0 Å². The van der Waals surface area contributed by atoms with Gasteiger partial charge in [-0.25, -0.2) is 4.68 Å². The number of hydrogen-bond acceptors (Lipinski definition) is 1. The predicted molar refractivity (Wildman–Crippen MR) is 75.2 cm³/mol. The molecule has 0 amide bonds. The molecule has 1 aromatic heterocycles. The zero-order valence-electron chi connectivity index (χ0n) is 9.66. The molecule has 1 heterocycles. The Kier molecular flexibility index (Phi) is 4.24. The topological polar surface area (TPSA) is 17.8 Å². The highest BCUT2D eigenvalue weighted by Crippen LogP contribution is 2.20. The van der Waals surface area contributed by atoms with Crippen LogP contribution in [0.15, 0.2) is 30.5 Å². The van der Waals surface area contributed by atoms with Crippen molar-refractivity contribution >= 4 is 27.5 Å². The largest absolute Gasteiger partial charge is 0.238 e. The van der Waals surface area contributed by atoms with Gasteiger partial charge in [0.05, 0.1) is 11.9 Å². The van der Waals surface area contributed by atoms with Crippen molar-refractivity contribution in [3.05, 3.63) is 46.7 Å². The summed E-state index contributed by atoms with van der Waals surface area (Å²) in [4.78, 5) is 0. The van der Waals surface area contributed by atoms with Gasteiger partial charge in [0.15, 0.2) is 0 Å². The van der Waals surface area contributed by atoms with Gasteiger partial charge < -0.3 is 0 Å². The van der Waals surface area contributed by atoms with E-state index in [1.165, 1.54) is 11.3 Å². The zero-order valence-corrected chi connectivity index (χ0v) is 12.0. The van der Waals surface area contributed by atoms with Crippen molar-refractivity contribution in [1.29, 1.82) is 0 Å². The van der Waals surface area contributed by atoms with E-state index in [1.54, 1.807) is 0 Å². The fourth-order valence-corrected chi connectivity index (χ4v) is 2.42. The van der Waals surface area contributed by atoms with Crippen molar-refractivity contribution in [2.45, 2.75) is 25.1 Å². The maximum atomic E-state index is 5.90. The Morgan fingerprint density at radius 1 is 1.29 bits per heavy atom. The van der Waals surface area contributed by atoms with E-state index < -0.39 is 0 Å². The maximum absolute atomic E-state index is 5.90. The lowest BCUT2D eigenvalue weighted by Crippen LogP contribution is -2.03. The molecule has 17 heavy (non-hydrogen) atoms. The van der Waals surface area contributed by atoms with E-state index in [9.17, 15) is 0 Å². The lowest BCUT2D eigenvalue weighted by atomic mass is 10.2. The predicted octanol–water partition coefficient (Wildman–Crippen LogP) is 4.37. The third-order valence-corrected chi connectivity index (χ3v) is 3.51. The quantitative estimate of drug-likeness (QED) is 0.766. The summed E-state index contributed by atoms with van der Waals surface area (Å²) < 4.78 is 2.00. The van der Waals surface area contributed by atoms with E-state index >= 15 is 0 Å². The number of halogens is 2. The second kappa shape index (κ2) is 5.69. The van der Waals surface area contributed by atoms with Gasteiger partial charge in [0, 0.05) is 21.6 Å². The van der Waals surface area contributed by atoms with Crippen molar-refractivity contribution in [1.82, 2.24) is 9.78 Å². The van der Waals surface area contributed by atoms with Crippen LogP contribution in [0.2, 0.25) is 5.02 Å². The fraction of sp³-hybridized carbons (Fsp3) is 0.308. The van der Waals surface area contributed by atoms with Gasteiger partial charge in [-0.2, -0.15) is 5.10 Å². The number of nitrogens with zero attached hydrogens (tertiary/aromatic N) is 2. The Morgan fingerprint density at radius 3 is 2.59 bits per heavy atom. The van der Waals surface area contributed by atoms with Crippen molar-refractivity contribution < 1.29 is 0 Å². The van der Waals surface area contributed by atoms with Crippen LogP contribution in [0.25, 0.3) is 5.69 Å². The summed E-state index contributed by atoms with van der Waals surface area (Å²) in [5.41, 5.74) is 3.58. The van der Waals surface area contributed by atoms with Crippen molar-refractivity contribution in [3.8, 4) is 5.69 Å². The average Bonchev–Trinajstić information content (AvgIpc) is 2.74. The molecule has 0 spiro atoms. The minimum Gasteiger partial charge on any atom is -0.238 e. The maximum Gasteiger partial charge on any atom is 0.0649 e. The molecule has 0 saturated heterocycles. The summed E-state index contributed by atoms with van der Waals surface area (Å²) >= 11 is 9.40. The lowest BCUT2D eigenvalue weighted by Gasteiger charge is -2.08. The summed E-state index contributed by atoms with van der Waals surface area (Å²) in [6, 6.07) is 7.77. The highest BCUT2D eigenvalue weighted by atomic mass is 79.9. The molecule has 2 nitrogen and oxygen atoms in total. The molecule has 0 aliphatic carbocycles. The van der Waals surface area contributed by atoms with Gasteiger partial charge in [0.2, 0.25) is 0 Å². The zero-order chi connectivity index (χ0) is 12.3. The SMILES string of the molecule is CCCc1c(CBr)cnn1-c1ccc(Cl)cc1. The molecule has 0 aliphatic heterocycles. The molecule has 4 heteroatoms. The fourth-order valence-electron chi connectivity index (χ4n) is 1.83. The number of hydrogen-bond donors (Lipinski definition) is 0. The number of benzene rings is 1. The van der Waals surface area contributed by atoms with Gasteiger partial charge >= 0.3 is 0 Å². The molecule has 0 atom stereocenters. The summed E-state index contributed by atoms with van der Waals surface area (Å²) in [5.74, 6) is 0. The number of alkyl halides is 1. The van der Waals surface area contributed by atoms with Gasteiger partial charge in [0.25, 0.3) is 0 Å². The van der Waals surface area contributed by atoms with E-state index in [0.29, 0.717) is 0 Å². The van der Waals surface area contributed by atoms with E-state index in [1.807, 2.05) is 35.1 Å². The highest BCUT2D eigenvalue weighted by Gasteiger charge is 2.10. The monoisotopic (exact) mass is 312 g/mol. The lowest BCUT2D eigenvalue weighted by molar-refractivity contribution is 0.771. The molecule has 0 bridgehead atoms. The van der Waals surface area contributed by atoms with Crippen LogP contribution in [0.3, 0.4) is 0 Å². The standard InChI is InChI=1S/C13H14BrClN2/c1-2-3-13-10(8-14)9-16-17(13)12-6-4-11(15)5-7-12/h4-7,9H,2-3,8H2,1H3. The van der Waals surface area contributed by atoms with Crippen LogP contribution in [-0.2, 0) is 11.8 Å². The van der Waals surface area contributed by atoms with Crippen LogP contribution in [0.5, 0.6) is 0 Å². The Labute approximate surface area is 115 Å². The summed E-state index contributed by atoms with van der Waals surface area (Å²) in [5, 5.41) is 6.04. The van der Waals surface area contributed by atoms with Crippen LogP contribution in [0.4, 0.5) is 0 Å². The third kappa shape index (κ3) is 2.72. The second-order valence-corrected chi connectivity index (χ2v) is 4.89. The van der Waals surface area contributed by atoms with Crippen molar-refractivity contribution in [2.24, 2.45) is 0 Å². The van der Waals surface area contributed by atoms with Crippen molar-refractivity contribution in [2.75, 3.05) is 0 Å². The first-order valence-electron chi connectivity index (χ1n) is 5.64. The van der Waals surface area contributed by atoms with Crippen LogP contribution in [0.1, 0.15) is 24.6 Å². The summed E-state index contributed by atoms with van der Waals surface area (Å²) in [6.45, 7) is 2.18. The van der Waals surface area contributed by atoms with E-state index in [-0.39, 0.29) is 0 Å². The van der Waals surface area contributed by atoms with E-state index in [2.05, 4.69) is 28.0 Å². The third-order valence-electron chi connectivity index (χ3n) is 2.66. The molecule has 0 N–H and O–H groups in total. The highest BCUT2D eigenvalue weighted by molar-refractivity contribution is 9.08. The average molecular weight is 314 g/mol. The van der Waals surface area contributed by atoms with Gasteiger partial charge in [-0.15, -0.1) is 0 Å². The first-order chi connectivity index (χ1) is 8.26. The first-order valence-corrected chi connectivity index (χ1v) is 7.14. The summed E-state index contributed by atoms with van der Waals surface area (Å²) in [7, 11) is 0. The Morgan fingerprint density at radius 2 is 2.00 bits per heavy atom. The Hall–Kier alpha value is -0.800. The van der Waals surface area contributed by atoms with Gasteiger partial charge in [-0.05, 0) is 30.7 Å². The van der Waals surface area contributed by atoms with Crippen LogP contribution in [0, 0.1) is 0 Å². The molecule has 2 rings (SSSR count). The molecule has 0 aliphatic rings. The van der Waals surface area contributed by atoms with Gasteiger partial charge in [-0.1, -0.05) is 40.9 Å². The number of aromatic nitrogens is 2. The number of rotatable bonds is 4. The molecule has 0 fully saturated rings. The second-order valence-electron chi connectivity index (χ2n) is 3.89. The van der Waals surface area contributed by atoms with Crippen molar-refractivity contribution in [3.63, 3.8) is 0 Å². The molecule has 0 unspecified atom stereocenters. The van der Waals surface area contributed by atoms with Gasteiger partial charge in [0.1, 0.15) is 0 Å². The van der Waals surface area contributed by atoms with Crippen LogP contribution in [-0.4, -0.2) is 9.78 Å². The molecule has 90 valence electrons. The Balaban J connectivity index is 2.43. The minimum absolute atomic E-state index is 0.749. The smallest absolute Gasteiger partial charge is 0.0649 e. The molecule has 2 aromatic rings. The normalized spacial score (nSPS) is 10.8. The van der Waals surface area contributed by atoms with Crippen LogP contribution >= 0.6 is 27.5 Å². The molecule has 1 aromatic carbocycles. The van der Waals surface area contributed by atoms with E-state index in [4.69, 9.17) is 11.6 Å². The molecule has 0 radical (unpaired) electrons. The Bertz CT molecular complexity index is 491. The van der Waals surface area contributed by atoms with Gasteiger partial charge in [-0.3, -0.25) is 0 Å². The molecular formula is C13H14BrClN2. The summed E-state index contributed by atoms with van der Waals surface area (Å²) in [6.07, 6.45) is 4.07. The minimum atomic E-state index is 0.749. The van der Waals surface area contributed by atoms with E-state index in [0.717, 1.165) is 28.9 Å².